The molecule has 0 saturated carbocycles. The lowest BCUT2D eigenvalue weighted by molar-refractivity contribution is 0.565. The van der Waals surface area contributed by atoms with Crippen molar-refractivity contribution < 1.29 is 8.42 Å². The maximum absolute atomic E-state index is 12.2. The van der Waals surface area contributed by atoms with Crippen LogP contribution in [0.4, 0.5) is 5.69 Å². The Hall–Kier alpha value is -1.07. The smallest absolute Gasteiger partial charge is 0.237 e. The largest absolute Gasteiger partial charge is 0.312 e. The SMILES string of the molecule is CC(C)(C)S(=O)(=O)Nc1cccc2c1CCNC2. The first kappa shape index (κ1) is 13.4. The van der Waals surface area contributed by atoms with Gasteiger partial charge in [-0.15, -0.1) is 0 Å². The van der Waals surface area contributed by atoms with Gasteiger partial charge in [0.15, 0.2) is 0 Å². The lowest BCUT2D eigenvalue weighted by Gasteiger charge is -2.24. The zero-order valence-electron chi connectivity index (χ0n) is 11.1. The van der Waals surface area contributed by atoms with E-state index in [1.54, 1.807) is 20.8 Å². The Kier molecular flexibility index (Phi) is 3.38. The second-order valence-electron chi connectivity index (χ2n) is 5.59. The Morgan fingerprint density at radius 3 is 2.67 bits per heavy atom. The molecule has 1 heterocycles. The van der Waals surface area contributed by atoms with Crippen molar-refractivity contribution in [2.45, 2.75) is 38.5 Å². The second kappa shape index (κ2) is 4.55. The van der Waals surface area contributed by atoms with Crippen LogP contribution in [0.3, 0.4) is 0 Å². The minimum atomic E-state index is -3.35. The Labute approximate surface area is 109 Å². The van der Waals surface area contributed by atoms with Crippen molar-refractivity contribution in [2.24, 2.45) is 0 Å². The van der Waals surface area contributed by atoms with Crippen molar-refractivity contribution >= 4 is 15.7 Å². The van der Waals surface area contributed by atoms with E-state index >= 15 is 0 Å². The van der Waals surface area contributed by atoms with Crippen LogP contribution in [0, 0.1) is 0 Å². The van der Waals surface area contributed by atoms with Gasteiger partial charge in [0.1, 0.15) is 0 Å². The average molecular weight is 268 g/mol. The first-order valence-corrected chi connectivity index (χ1v) is 7.63. The standard InChI is InChI=1S/C13H20N2O2S/c1-13(2,3)18(16,17)15-12-6-4-5-10-9-14-8-7-11(10)12/h4-6,14-15H,7-9H2,1-3H3. The number of anilines is 1. The lowest BCUT2D eigenvalue weighted by Crippen LogP contribution is -2.34. The highest BCUT2D eigenvalue weighted by atomic mass is 32.2. The number of rotatable bonds is 2. The molecule has 0 saturated heterocycles. The van der Waals surface area contributed by atoms with Crippen LogP contribution in [0.5, 0.6) is 0 Å². The second-order valence-corrected chi connectivity index (χ2v) is 8.02. The molecule has 0 unspecified atom stereocenters. The van der Waals surface area contributed by atoms with Crippen molar-refractivity contribution in [3.05, 3.63) is 29.3 Å². The van der Waals surface area contributed by atoms with Crippen molar-refractivity contribution in [1.82, 2.24) is 5.32 Å². The van der Waals surface area contributed by atoms with E-state index in [0.717, 1.165) is 30.8 Å². The fraction of sp³-hybridized carbons (Fsp3) is 0.538. The quantitative estimate of drug-likeness (QED) is 0.861. The molecule has 18 heavy (non-hydrogen) atoms. The summed E-state index contributed by atoms with van der Waals surface area (Å²) in [6.45, 7) is 6.80. The van der Waals surface area contributed by atoms with E-state index in [4.69, 9.17) is 0 Å². The van der Waals surface area contributed by atoms with Crippen LogP contribution in [-0.2, 0) is 23.0 Å². The maximum Gasteiger partial charge on any atom is 0.237 e. The van der Waals surface area contributed by atoms with Gasteiger partial charge in [-0.25, -0.2) is 8.42 Å². The van der Waals surface area contributed by atoms with E-state index in [1.165, 1.54) is 5.56 Å². The summed E-state index contributed by atoms with van der Waals surface area (Å²) in [6.07, 6.45) is 0.859. The Bertz CT molecular complexity index is 545. The maximum atomic E-state index is 12.2. The summed E-state index contributed by atoms with van der Waals surface area (Å²) in [5.74, 6) is 0. The topological polar surface area (TPSA) is 58.2 Å². The molecule has 0 radical (unpaired) electrons. The van der Waals surface area contributed by atoms with Crippen LogP contribution in [0.1, 0.15) is 31.9 Å². The molecule has 5 heteroatoms. The fourth-order valence-electron chi connectivity index (χ4n) is 1.93. The van der Waals surface area contributed by atoms with Crippen LogP contribution in [-0.4, -0.2) is 19.7 Å². The first-order chi connectivity index (χ1) is 8.31. The molecule has 0 amide bonds. The number of fused-ring (bicyclic) bond motifs is 1. The highest BCUT2D eigenvalue weighted by molar-refractivity contribution is 7.94. The Morgan fingerprint density at radius 1 is 1.28 bits per heavy atom. The molecule has 0 fully saturated rings. The van der Waals surface area contributed by atoms with Gasteiger partial charge < -0.3 is 5.32 Å². The van der Waals surface area contributed by atoms with Gasteiger partial charge in [0.25, 0.3) is 0 Å². The fourth-order valence-corrected chi connectivity index (χ4v) is 2.71. The highest BCUT2D eigenvalue weighted by Gasteiger charge is 2.29. The summed E-state index contributed by atoms with van der Waals surface area (Å²) in [7, 11) is -3.35. The number of hydrogen-bond donors (Lipinski definition) is 2. The van der Waals surface area contributed by atoms with E-state index in [9.17, 15) is 8.42 Å². The monoisotopic (exact) mass is 268 g/mol. The minimum Gasteiger partial charge on any atom is -0.312 e. The van der Waals surface area contributed by atoms with Crippen molar-refractivity contribution in [3.63, 3.8) is 0 Å². The number of sulfonamides is 1. The van der Waals surface area contributed by atoms with Gasteiger partial charge >= 0.3 is 0 Å². The summed E-state index contributed by atoms with van der Waals surface area (Å²) in [6, 6.07) is 5.77. The summed E-state index contributed by atoms with van der Waals surface area (Å²) in [5.41, 5.74) is 3.02. The van der Waals surface area contributed by atoms with Gasteiger partial charge in [0, 0.05) is 6.54 Å². The molecular weight excluding hydrogens is 248 g/mol. The Balaban J connectivity index is 2.36. The number of benzene rings is 1. The third-order valence-corrected chi connectivity index (χ3v) is 5.29. The lowest BCUT2D eigenvalue weighted by atomic mass is 9.99. The number of nitrogens with one attached hydrogen (secondary N) is 2. The van der Waals surface area contributed by atoms with E-state index in [1.807, 2.05) is 18.2 Å². The van der Waals surface area contributed by atoms with Gasteiger partial charge in [-0.1, -0.05) is 12.1 Å². The summed E-state index contributed by atoms with van der Waals surface area (Å²) in [5, 5.41) is 3.28. The molecule has 2 N–H and O–H groups in total. The van der Waals surface area contributed by atoms with E-state index in [-0.39, 0.29) is 0 Å². The van der Waals surface area contributed by atoms with Gasteiger partial charge in [-0.05, 0) is 50.9 Å². The predicted octanol–water partition coefficient (Wildman–Crippen LogP) is 1.87. The highest BCUT2D eigenvalue weighted by Crippen LogP contribution is 2.26. The van der Waals surface area contributed by atoms with Crippen LogP contribution in [0.15, 0.2) is 18.2 Å². The zero-order valence-corrected chi connectivity index (χ0v) is 11.9. The molecule has 0 bridgehead atoms. The van der Waals surface area contributed by atoms with Crippen LogP contribution in [0.2, 0.25) is 0 Å². The number of hydrogen-bond acceptors (Lipinski definition) is 3. The summed E-state index contributed by atoms with van der Waals surface area (Å²) in [4.78, 5) is 0. The minimum absolute atomic E-state index is 0.726. The van der Waals surface area contributed by atoms with E-state index in [2.05, 4.69) is 10.0 Å². The normalized spacial score (nSPS) is 16.2. The summed E-state index contributed by atoms with van der Waals surface area (Å²) < 4.78 is 26.3. The molecule has 1 aliphatic rings. The first-order valence-electron chi connectivity index (χ1n) is 6.15. The van der Waals surface area contributed by atoms with Crippen LogP contribution in [0.25, 0.3) is 0 Å². The molecule has 2 rings (SSSR count). The molecule has 4 nitrogen and oxygen atoms in total. The van der Waals surface area contributed by atoms with Crippen LogP contribution >= 0.6 is 0 Å². The third-order valence-electron chi connectivity index (χ3n) is 3.19. The van der Waals surface area contributed by atoms with Gasteiger partial charge in [0.2, 0.25) is 10.0 Å². The molecule has 100 valence electrons. The molecular formula is C13H20N2O2S. The van der Waals surface area contributed by atoms with Crippen molar-refractivity contribution in [3.8, 4) is 0 Å². The van der Waals surface area contributed by atoms with Gasteiger partial charge in [-0.2, -0.15) is 0 Å². The third kappa shape index (κ3) is 2.52. The van der Waals surface area contributed by atoms with Gasteiger partial charge in [0.05, 0.1) is 10.4 Å². The molecule has 1 aliphatic heterocycles. The Morgan fingerprint density at radius 2 is 2.00 bits per heavy atom. The van der Waals surface area contributed by atoms with E-state index < -0.39 is 14.8 Å². The van der Waals surface area contributed by atoms with Gasteiger partial charge in [-0.3, -0.25) is 4.72 Å². The molecule has 0 aromatic heterocycles. The van der Waals surface area contributed by atoms with E-state index in [0.29, 0.717) is 0 Å². The molecule has 0 spiro atoms. The molecule has 1 aromatic carbocycles. The average Bonchev–Trinajstić information content (AvgIpc) is 2.27. The molecule has 1 aromatic rings. The molecule has 0 atom stereocenters. The predicted molar refractivity (Wildman–Crippen MR) is 74.1 cm³/mol. The van der Waals surface area contributed by atoms with Crippen molar-refractivity contribution in [1.29, 1.82) is 0 Å². The molecule has 0 aliphatic carbocycles. The summed E-state index contributed by atoms with van der Waals surface area (Å²) >= 11 is 0. The van der Waals surface area contributed by atoms with Crippen molar-refractivity contribution in [2.75, 3.05) is 11.3 Å². The van der Waals surface area contributed by atoms with Crippen LogP contribution < -0.4 is 10.0 Å². The zero-order chi connectivity index (χ0) is 13.4.